The van der Waals surface area contributed by atoms with E-state index in [4.69, 9.17) is 0 Å². The van der Waals surface area contributed by atoms with Gasteiger partial charge in [0.2, 0.25) is 5.91 Å². The number of rotatable bonds is 2. The Labute approximate surface area is 89.1 Å². The van der Waals surface area contributed by atoms with Gasteiger partial charge in [-0.2, -0.15) is 0 Å². The zero-order chi connectivity index (χ0) is 10.7. The molecule has 80 valence electrons. The summed E-state index contributed by atoms with van der Waals surface area (Å²) in [4.78, 5) is 16.2. The average Bonchev–Trinajstić information content (AvgIpc) is 2.79. The van der Waals surface area contributed by atoms with Crippen molar-refractivity contribution in [2.24, 2.45) is 0 Å². The number of pyridine rings is 1. The molecule has 15 heavy (non-hydrogen) atoms. The highest BCUT2D eigenvalue weighted by molar-refractivity contribution is 5.87. The molecule has 1 aromatic rings. The fourth-order valence-corrected chi connectivity index (χ4v) is 2.10. The van der Waals surface area contributed by atoms with Crippen LogP contribution in [0.2, 0.25) is 0 Å². The average molecular weight is 205 g/mol. The Morgan fingerprint density at radius 3 is 3.00 bits per heavy atom. The van der Waals surface area contributed by atoms with Crippen LogP contribution in [0.1, 0.15) is 18.5 Å². The highest BCUT2D eigenvalue weighted by Crippen LogP contribution is 2.29. The summed E-state index contributed by atoms with van der Waals surface area (Å²) < 4.78 is 0. The molecule has 0 aromatic carbocycles. The van der Waals surface area contributed by atoms with Crippen molar-refractivity contribution in [3.63, 3.8) is 0 Å². The van der Waals surface area contributed by atoms with Crippen molar-refractivity contribution in [2.45, 2.75) is 18.4 Å². The highest BCUT2D eigenvalue weighted by atomic mass is 16.2. The van der Waals surface area contributed by atoms with Crippen molar-refractivity contribution in [1.82, 2.24) is 15.6 Å². The van der Waals surface area contributed by atoms with Crippen LogP contribution < -0.4 is 10.6 Å². The minimum Gasteiger partial charge on any atom is -0.357 e. The van der Waals surface area contributed by atoms with E-state index in [-0.39, 0.29) is 5.91 Å². The Balaban J connectivity index is 2.39. The number of carbonyl (C=O) groups excluding carboxylic acids is 1. The van der Waals surface area contributed by atoms with E-state index in [0.29, 0.717) is 0 Å². The lowest BCUT2D eigenvalue weighted by atomic mass is 9.91. The number of aromatic nitrogens is 1. The molecule has 1 aromatic heterocycles. The zero-order valence-electron chi connectivity index (χ0n) is 8.79. The molecule has 1 atom stereocenters. The fraction of sp³-hybridized carbons (Fsp3) is 0.455. The summed E-state index contributed by atoms with van der Waals surface area (Å²) >= 11 is 0. The smallest absolute Gasteiger partial charge is 0.246 e. The van der Waals surface area contributed by atoms with Crippen molar-refractivity contribution >= 4 is 5.91 Å². The molecule has 4 nitrogen and oxygen atoms in total. The first-order valence-corrected chi connectivity index (χ1v) is 5.18. The maximum Gasteiger partial charge on any atom is 0.246 e. The highest BCUT2D eigenvalue weighted by Gasteiger charge is 2.43. The van der Waals surface area contributed by atoms with E-state index >= 15 is 0 Å². The molecule has 2 rings (SSSR count). The summed E-state index contributed by atoms with van der Waals surface area (Å²) in [5.41, 5.74) is 0.192. The second-order valence-electron chi connectivity index (χ2n) is 3.73. The summed E-state index contributed by atoms with van der Waals surface area (Å²) in [5.74, 6) is -0.00120. The third-order valence-electron chi connectivity index (χ3n) is 2.87. The number of nitrogens with one attached hydrogen (secondary N) is 2. The summed E-state index contributed by atoms with van der Waals surface area (Å²) in [6.45, 7) is 0.865. The lowest BCUT2D eigenvalue weighted by molar-refractivity contribution is -0.127. The summed E-state index contributed by atoms with van der Waals surface area (Å²) in [6, 6.07) is 5.66. The maximum absolute atomic E-state index is 11.9. The number of carbonyl (C=O) groups is 1. The number of likely N-dealkylation sites (N-methyl/N-ethyl adjacent to an activating group) is 1. The number of nitrogens with zero attached hydrogens (tertiary/aromatic N) is 1. The Hall–Kier alpha value is -1.42. The third-order valence-corrected chi connectivity index (χ3v) is 2.87. The SMILES string of the molecule is CNC(=O)[C@@]1(c2ccccn2)CCCN1. The van der Waals surface area contributed by atoms with E-state index in [1.54, 1.807) is 13.2 Å². The standard InChI is InChI=1S/C11H15N3O/c1-12-10(15)11(6-4-8-14-11)9-5-2-3-7-13-9/h2-3,5,7,14H,4,6,8H2,1H3,(H,12,15)/t11-/m0/s1. The van der Waals surface area contributed by atoms with E-state index in [2.05, 4.69) is 15.6 Å². The van der Waals surface area contributed by atoms with Crippen molar-refractivity contribution in [1.29, 1.82) is 0 Å². The molecule has 4 heteroatoms. The largest absolute Gasteiger partial charge is 0.357 e. The second-order valence-corrected chi connectivity index (χ2v) is 3.73. The lowest BCUT2D eigenvalue weighted by Crippen LogP contribution is -2.50. The normalized spacial score (nSPS) is 25.1. The van der Waals surface area contributed by atoms with Gasteiger partial charge in [-0.05, 0) is 31.5 Å². The van der Waals surface area contributed by atoms with Crippen molar-refractivity contribution < 1.29 is 4.79 Å². The molecule has 1 aliphatic heterocycles. The molecule has 1 aliphatic rings. The van der Waals surface area contributed by atoms with Gasteiger partial charge in [-0.3, -0.25) is 15.1 Å². The molecule has 1 fully saturated rings. The van der Waals surface area contributed by atoms with Crippen LogP contribution in [0.4, 0.5) is 0 Å². The van der Waals surface area contributed by atoms with E-state index in [9.17, 15) is 4.79 Å². The molecular weight excluding hydrogens is 190 g/mol. The monoisotopic (exact) mass is 205 g/mol. The predicted molar refractivity (Wildman–Crippen MR) is 57.2 cm³/mol. The molecule has 2 N–H and O–H groups in total. The minimum absolute atomic E-state index is 0.00120. The Kier molecular flexibility index (Phi) is 2.68. The molecule has 1 saturated heterocycles. The molecule has 0 bridgehead atoms. The molecule has 0 radical (unpaired) electrons. The molecule has 0 saturated carbocycles. The van der Waals surface area contributed by atoms with Crippen LogP contribution in [0.5, 0.6) is 0 Å². The first kappa shape index (κ1) is 10.1. The molecule has 0 unspecified atom stereocenters. The molecular formula is C11H15N3O. The van der Waals surface area contributed by atoms with Crippen molar-refractivity contribution in [3.05, 3.63) is 30.1 Å². The molecule has 0 aliphatic carbocycles. The fourth-order valence-electron chi connectivity index (χ4n) is 2.10. The van der Waals surface area contributed by atoms with Crippen molar-refractivity contribution in [2.75, 3.05) is 13.6 Å². The molecule has 1 amide bonds. The summed E-state index contributed by atoms with van der Waals surface area (Å²) in [5, 5.41) is 5.97. The van der Waals surface area contributed by atoms with Gasteiger partial charge in [-0.15, -0.1) is 0 Å². The van der Waals surface area contributed by atoms with Crippen LogP contribution in [0.15, 0.2) is 24.4 Å². The van der Waals surface area contributed by atoms with E-state index < -0.39 is 5.54 Å². The second kappa shape index (κ2) is 3.98. The number of hydrogen-bond acceptors (Lipinski definition) is 3. The lowest BCUT2D eigenvalue weighted by Gasteiger charge is -2.26. The van der Waals surface area contributed by atoms with E-state index in [1.807, 2.05) is 18.2 Å². The quantitative estimate of drug-likeness (QED) is 0.735. The van der Waals surface area contributed by atoms with Crippen LogP contribution in [0, 0.1) is 0 Å². The minimum atomic E-state index is -0.615. The van der Waals surface area contributed by atoms with Gasteiger partial charge in [0.25, 0.3) is 0 Å². The van der Waals surface area contributed by atoms with Crippen molar-refractivity contribution in [3.8, 4) is 0 Å². The first-order chi connectivity index (χ1) is 7.29. The van der Waals surface area contributed by atoms with Gasteiger partial charge in [0, 0.05) is 13.2 Å². The van der Waals surface area contributed by atoms with Gasteiger partial charge in [0.1, 0.15) is 5.54 Å². The topological polar surface area (TPSA) is 54.0 Å². The van der Waals surface area contributed by atoms with E-state index in [0.717, 1.165) is 25.1 Å². The van der Waals surface area contributed by atoms with Gasteiger partial charge >= 0.3 is 0 Å². The Bertz CT molecular complexity index is 344. The first-order valence-electron chi connectivity index (χ1n) is 5.18. The van der Waals surface area contributed by atoms with Gasteiger partial charge < -0.3 is 5.32 Å². The van der Waals surface area contributed by atoms with Crippen LogP contribution in [-0.4, -0.2) is 24.5 Å². The van der Waals surface area contributed by atoms with Gasteiger partial charge in [0.15, 0.2) is 0 Å². The summed E-state index contributed by atoms with van der Waals surface area (Å²) in [6.07, 6.45) is 3.54. The number of amides is 1. The van der Waals surface area contributed by atoms with Crippen LogP contribution >= 0.6 is 0 Å². The summed E-state index contributed by atoms with van der Waals surface area (Å²) in [7, 11) is 1.66. The van der Waals surface area contributed by atoms with Crippen LogP contribution in [0.3, 0.4) is 0 Å². The molecule has 0 spiro atoms. The maximum atomic E-state index is 11.9. The Morgan fingerprint density at radius 1 is 1.60 bits per heavy atom. The van der Waals surface area contributed by atoms with Gasteiger partial charge in [0.05, 0.1) is 5.69 Å². The Morgan fingerprint density at radius 2 is 2.47 bits per heavy atom. The van der Waals surface area contributed by atoms with Gasteiger partial charge in [-0.25, -0.2) is 0 Å². The third kappa shape index (κ3) is 1.61. The number of hydrogen-bond donors (Lipinski definition) is 2. The van der Waals surface area contributed by atoms with Gasteiger partial charge in [-0.1, -0.05) is 6.07 Å². The predicted octanol–water partition coefficient (Wildman–Crippen LogP) is 0.406. The molecule has 2 heterocycles. The zero-order valence-corrected chi connectivity index (χ0v) is 8.79. The van der Waals surface area contributed by atoms with Crippen LogP contribution in [-0.2, 0) is 10.3 Å². The van der Waals surface area contributed by atoms with E-state index in [1.165, 1.54) is 0 Å². The van der Waals surface area contributed by atoms with Crippen LogP contribution in [0.25, 0.3) is 0 Å².